The minimum Gasteiger partial charge on any atom is -0.489 e. The van der Waals surface area contributed by atoms with Crippen LogP contribution in [0.1, 0.15) is 55.9 Å². The fraction of sp³-hybridized carbons (Fsp3) is 0.323. The summed E-state index contributed by atoms with van der Waals surface area (Å²) in [6, 6.07) is 20.4. The number of β-amino-alcohol motifs (C(OH)–C–C–N with tert-alkyl or cyclic N) is 1. The van der Waals surface area contributed by atoms with Crippen molar-refractivity contribution in [1.82, 2.24) is 9.88 Å². The SMILES string of the molecule is CC(C)c1ccc(COc2ccc(C3=C(c4ccncc4)[N+]4=C3C(=O)N(CC(C)(C)O)CC4)cc2)cc1. The van der Waals surface area contributed by atoms with Crippen LogP contribution in [0, 0.1) is 0 Å². The van der Waals surface area contributed by atoms with E-state index in [9.17, 15) is 9.90 Å². The van der Waals surface area contributed by atoms with Crippen LogP contribution in [0.15, 0.2) is 73.1 Å². The molecule has 0 saturated carbocycles. The highest BCUT2D eigenvalue weighted by atomic mass is 16.5. The van der Waals surface area contributed by atoms with Crippen LogP contribution in [0.2, 0.25) is 0 Å². The number of carbonyl (C=O) groups excluding carboxylic acids is 1. The van der Waals surface area contributed by atoms with Crippen molar-refractivity contribution >= 4 is 22.9 Å². The van der Waals surface area contributed by atoms with Crippen LogP contribution in [0.5, 0.6) is 5.75 Å². The molecule has 0 bridgehead atoms. The fourth-order valence-corrected chi connectivity index (χ4v) is 4.94. The van der Waals surface area contributed by atoms with Gasteiger partial charge in [0.05, 0.1) is 17.7 Å². The Morgan fingerprint density at radius 3 is 2.30 bits per heavy atom. The number of carbonyl (C=O) groups is 1. The van der Waals surface area contributed by atoms with Gasteiger partial charge in [0.25, 0.3) is 5.71 Å². The lowest BCUT2D eigenvalue weighted by atomic mass is 9.87. The van der Waals surface area contributed by atoms with Gasteiger partial charge >= 0.3 is 5.91 Å². The van der Waals surface area contributed by atoms with E-state index in [1.807, 2.05) is 36.4 Å². The molecule has 0 unspecified atom stereocenters. The van der Waals surface area contributed by atoms with Gasteiger partial charge in [0.15, 0.2) is 6.54 Å². The predicted octanol–water partition coefficient (Wildman–Crippen LogP) is 4.73. The van der Waals surface area contributed by atoms with Crippen LogP contribution >= 0.6 is 0 Å². The molecule has 2 aromatic carbocycles. The minimum atomic E-state index is -0.950. The molecule has 1 aromatic heterocycles. The minimum absolute atomic E-state index is 0.0497. The van der Waals surface area contributed by atoms with Gasteiger partial charge in [-0.1, -0.05) is 50.2 Å². The topological polar surface area (TPSA) is 65.7 Å². The van der Waals surface area contributed by atoms with E-state index in [1.54, 1.807) is 31.1 Å². The Balaban J connectivity index is 1.38. The summed E-state index contributed by atoms with van der Waals surface area (Å²) in [5.41, 5.74) is 6.13. The van der Waals surface area contributed by atoms with E-state index in [0.717, 1.165) is 33.7 Å². The Morgan fingerprint density at radius 2 is 1.68 bits per heavy atom. The number of pyridine rings is 1. The molecule has 6 heteroatoms. The van der Waals surface area contributed by atoms with Gasteiger partial charge in [-0.2, -0.15) is 4.58 Å². The van der Waals surface area contributed by atoms with E-state index in [1.165, 1.54) is 5.56 Å². The highest BCUT2D eigenvalue weighted by Gasteiger charge is 2.50. The molecule has 0 atom stereocenters. The van der Waals surface area contributed by atoms with Gasteiger partial charge in [-0.3, -0.25) is 9.78 Å². The van der Waals surface area contributed by atoms with E-state index in [4.69, 9.17) is 4.74 Å². The maximum absolute atomic E-state index is 13.5. The Kier molecular flexibility index (Phi) is 6.69. The van der Waals surface area contributed by atoms with Crippen molar-refractivity contribution in [3.05, 3.63) is 95.3 Å². The van der Waals surface area contributed by atoms with E-state index < -0.39 is 5.60 Å². The first-order chi connectivity index (χ1) is 17.7. The van der Waals surface area contributed by atoms with Crippen LogP contribution < -0.4 is 4.74 Å². The molecule has 5 rings (SSSR count). The zero-order valence-electron chi connectivity index (χ0n) is 21.9. The normalized spacial score (nSPS) is 15.7. The van der Waals surface area contributed by atoms with Crippen molar-refractivity contribution in [3.63, 3.8) is 0 Å². The van der Waals surface area contributed by atoms with E-state index >= 15 is 0 Å². The number of aromatic nitrogens is 1. The van der Waals surface area contributed by atoms with Gasteiger partial charge in [-0.15, -0.1) is 0 Å². The van der Waals surface area contributed by atoms with Crippen molar-refractivity contribution in [1.29, 1.82) is 0 Å². The average Bonchev–Trinajstić information content (AvgIpc) is 2.86. The second kappa shape index (κ2) is 9.94. The third-order valence-corrected chi connectivity index (χ3v) is 6.82. The quantitative estimate of drug-likeness (QED) is 0.458. The molecule has 0 aliphatic carbocycles. The highest BCUT2D eigenvalue weighted by Crippen LogP contribution is 2.38. The van der Waals surface area contributed by atoms with Crippen LogP contribution in [0.4, 0.5) is 0 Å². The van der Waals surface area contributed by atoms with Crippen LogP contribution in [0.25, 0.3) is 11.3 Å². The maximum Gasteiger partial charge on any atom is 0.319 e. The number of rotatable bonds is 8. The molecule has 2 aliphatic heterocycles. The first-order valence-corrected chi connectivity index (χ1v) is 12.8. The van der Waals surface area contributed by atoms with E-state index in [2.05, 4.69) is 47.7 Å². The average molecular weight is 497 g/mol. The third kappa shape index (κ3) is 5.20. The second-order valence-electron chi connectivity index (χ2n) is 10.7. The van der Waals surface area contributed by atoms with E-state index in [-0.39, 0.29) is 5.91 Å². The summed E-state index contributed by atoms with van der Waals surface area (Å²) in [6.45, 7) is 9.89. The lowest BCUT2D eigenvalue weighted by Crippen LogP contribution is -2.56. The first kappa shape index (κ1) is 24.9. The standard InChI is InChI=1S/C31H34N3O3/c1-21(2)23-7-5-22(6-8-23)19-37-26-11-9-24(10-12-26)27-28(25-13-15-32-16-14-25)34-18-17-33(20-31(3,4)36)30(35)29(27)34/h5-16,21,36H,17-20H2,1-4H3/q+1. The number of ether oxygens (including phenoxy) is 1. The van der Waals surface area contributed by atoms with Gasteiger partial charge in [-0.05, 0) is 60.7 Å². The molecule has 2 aliphatic rings. The Bertz CT molecular complexity index is 1350. The number of aliphatic hydroxyl groups is 1. The van der Waals surface area contributed by atoms with Gasteiger partial charge in [-0.25, -0.2) is 0 Å². The van der Waals surface area contributed by atoms with Crippen molar-refractivity contribution in [3.8, 4) is 5.75 Å². The molecular formula is C31H34N3O3+. The molecular weight excluding hydrogens is 462 g/mol. The molecule has 3 heterocycles. The lowest BCUT2D eigenvalue weighted by Gasteiger charge is -2.35. The zero-order valence-corrected chi connectivity index (χ0v) is 21.9. The number of hydrogen-bond acceptors (Lipinski definition) is 4. The maximum atomic E-state index is 13.5. The summed E-state index contributed by atoms with van der Waals surface area (Å²) < 4.78 is 8.14. The summed E-state index contributed by atoms with van der Waals surface area (Å²) >= 11 is 0. The Labute approximate surface area is 218 Å². The van der Waals surface area contributed by atoms with Crippen LogP contribution in [-0.2, 0) is 11.4 Å². The van der Waals surface area contributed by atoms with Crippen molar-refractivity contribution < 1.29 is 19.2 Å². The lowest BCUT2D eigenvalue weighted by molar-refractivity contribution is -0.442. The van der Waals surface area contributed by atoms with Gasteiger partial charge in [0.1, 0.15) is 17.9 Å². The Hall–Kier alpha value is -3.77. The van der Waals surface area contributed by atoms with Gasteiger partial charge in [0, 0.05) is 18.9 Å². The summed E-state index contributed by atoms with van der Waals surface area (Å²) in [5.74, 6) is 1.24. The molecule has 0 fully saturated rings. The summed E-state index contributed by atoms with van der Waals surface area (Å²) in [4.78, 5) is 19.4. The smallest absolute Gasteiger partial charge is 0.319 e. The molecule has 0 spiro atoms. The fourth-order valence-electron chi connectivity index (χ4n) is 4.94. The number of hydrogen-bond donors (Lipinski definition) is 1. The molecule has 190 valence electrons. The largest absolute Gasteiger partial charge is 0.489 e. The van der Waals surface area contributed by atoms with Crippen molar-refractivity contribution in [2.24, 2.45) is 0 Å². The van der Waals surface area contributed by atoms with E-state index in [0.29, 0.717) is 37.9 Å². The monoisotopic (exact) mass is 496 g/mol. The highest BCUT2D eigenvalue weighted by molar-refractivity contribution is 6.59. The van der Waals surface area contributed by atoms with Crippen LogP contribution in [-0.4, -0.2) is 56.4 Å². The van der Waals surface area contributed by atoms with Gasteiger partial charge < -0.3 is 14.7 Å². The van der Waals surface area contributed by atoms with Crippen LogP contribution in [0.3, 0.4) is 0 Å². The number of amides is 1. The molecule has 6 nitrogen and oxygen atoms in total. The van der Waals surface area contributed by atoms with Crippen molar-refractivity contribution in [2.45, 2.75) is 45.8 Å². The van der Waals surface area contributed by atoms with Gasteiger partial charge in [0.2, 0.25) is 5.70 Å². The molecule has 0 radical (unpaired) electrons. The number of nitrogens with zero attached hydrogens (tertiary/aromatic N) is 3. The second-order valence-corrected chi connectivity index (χ2v) is 10.7. The first-order valence-electron chi connectivity index (χ1n) is 12.8. The predicted molar refractivity (Wildman–Crippen MR) is 145 cm³/mol. The molecule has 1 N–H and O–H groups in total. The van der Waals surface area contributed by atoms with Crippen molar-refractivity contribution in [2.75, 3.05) is 19.6 Å². The third-order valence-electron chi connectivity index (χ3n) is 6.82. The summed E-state index contributed by atoms with van der Waals surface area (Å²) in [7, 11) is 0. The zero-order chi connectivity index (χ0) is 26.2. The molecule has 1 amide bonds. The molecule has 37 heavy (non-hydrogen) atoms. The number of benzene rings is 2. The summed E-state index contributed by atoms with van der Waals surface area (Å²) in [5, 5.41) is 10.3. The molecule has 0 saturated heterocycles. The summed E-state index contributed by atoms with van der Waals surface area (Å²) in [6.07, 6.45) is 3.55. The molecule has 3 aromatic rings. The Morgan fingerprint density at radius 1 is 1.00 bits per heavy atom.